The van der Waals surface area contributed by atoms with Crippen LogP contribution in [0.4, 0.5) is 5.69 Å². The average molecular weight is 154 g/mol. The summed E-state index contributed by atoms with van der Waals surface area (Å²) >= 11 is 0. The molecule has 0 aliphatic carbocycles. The average Bonchev–Trinajstić information content (AvgIpc) is 1.88. The second-order valence-electron chi connectivity index (χ2n) is 1.92. The van der Waals surface area contributed by atoms with Crippen molar-refractivity contribution in [2.24, 2.45) is 0 Å². The molecule has 0 N–H and O–H groups in total. The first-order valence-electron chi connectivity index (χ1n) is 2.77. The number of rotatable bonds is 1. The van der Waals surface area contributed by atoms with E-state index in [1.807, 2.05) is 0 Å². The van der Waals surface area contributed by atoms with Gasteiger partial charge in [-0.15, -0.1) is 0 Å². The van der Waals surface area contributed by atoms with Gasteiger partial charge >= 0.3 is 0 Å². The lowest BCUT2D eigenvalue weighted by atomic mass is 10.4. The largest absolute Gasteiger partial charge is 0.285 e. The van der Waals surface area contributed by atoms with Crippen molar-refractivity contribution < 1.29 is 4.92 Å². The van der Waals surface area contributed by atoms with Crippen molar-refractivity contribution in [1.82, 2.24) is 4.98 Å². The predicted octanol–water partition coefficient (Wildman–Crippen LogP) is -1.02. The summed E-state index contributed by atoms with van der Waals surface area (Å²) in [6, 6.07) is 1.67. The van der Waals surface area contributed by atoms with Crippen LogP contribution < -0.4 is 5.19 Å². The zero-order valence-corrected chi connectivity index (χ0v) is 7.44. The summed E-state index contributed by atoms with van der Waals surface area (Å²) in [6.07, 6.45) is 2.84. The zero-order chi connectivity index (χ0) is 7.56. The first-order chi connectivity index (χ1) is 4.72. The molecule has 0 radical (unpaired) electrons. The Kier molecular flexibility index (Phi) is 1.77. The van der Waals surface area contributed by atoms with E-state index in [-0.39, 0.29) is 5.69 Å². The van der Waals surface area contributed by atoms with Crippen LogP contribution in [0.15, 0.2) is 18.5 Å². The van der Waals surface area contributed by atoms with Gasteiger partial charge in [0.15, 0.2) is 0 Å². The van der Waals surface area contributed by atoms with E-state index in [0.717, 1.165) is 5.19 Å². The van der Waals surface area contributed by atoms with E-state index in [1.165, 1.54) is 6.20 Å². The Labute approximate surface area is 60.5 Å². The van der Waals surface area contributed by atoms with Gasteiger partial charge in [0.1, 0.15) is 6.20 Å². The van der Waals surface area contributed by atoms with Crippen LogP contribution in [0, 0.1) is 10.1 Å². The summed E-state index contributed by atoms with van der Waals surface area (Å²) in [5.41, 5.74) is 0.133. The van der Waals surface area contributed by atoms with E-state index in [0.29, 0.717) is 10.2 Å². The Hall–Kier alpha value is -1.23. The molecule has 0 spiro atoms. The molecular weight excluding hydrogens is 148 g/mol. The fourth-order valence-electron chi connectivity index (χ4n) is 0.647. The second kappa shape index (κ2) is 2.57. The van der Waals surface area contributed by atoms with E-state index in [1.54, 1.807) is 12.3 Å². The van der Waals surface area contributed by atoms with Crippen LogP contribution in [0.1, 0.15) is 0 Å². The van der Waals surface area contributed by atoms with Crippen molar-refractivity contribution in [3.63, 3.8) is 0 Å². The summed E-state index contributed by atoms with van der Waals surface area (Å²) in [6.45, 7) is 0. The van der Waals surface area contributed by atoms with Crippen molar-refractivity contribution in [3.8, 4) is 0 Å². The van der Waals surface area contributed by atoms with Gasteiger partial charge in [0, 0.05) is 21.6 Å². The lowest BCUT2D eigenvalue weighted by Crippen LogP contribution is -2.08. The van der Waals surface area contributed by atoms with E-state index in [4.69, 9.17) is 0 Å². The van der Waals surface area contributed by atoms with Crippen LogP contribution in [0.5, 0.6) is 0 Å². The van der Waals surface area contributed by atoms with Gasteiger partial charge < -0.3 is 0 Å². The first kappa shape index (κ1) is 6.88. The Morgan fingerprint density at radius 3 is 2.80 bits per heavy atom. The van der Waals surface area contributed by atoms with Crippen LogP contribution in [-0.2, 0) is 0 Å². The monoisotopic (exact) mass is 154 g/mol. The van der Waals surface area contributed by atoms with Crippen LogP contribution in [0.25, 0.3) is 0 Å². The molecule has 0 aliphatic rings. The lowest BCUT2D eigenvalue weighted by molar-refractivity contribution is -0.383. The van der Waals surface area contributed by atoms with Gasteiger partial charge in [-0.2, -0.15) is 0 Å². The molecule has 1 heterocycles. The Bertz CT molecular complexity index is 264. The Balaban J connectivity index is 3.15. The van der Waals surface area contributed by atoms with Crippen molar-refractivity contribution in [2.45, 2.75) is 0 Å². The van der Waals surface area contributed by atoms with Crippen LogP contribution >= 0.6 is 0 Å². The second-order valence-corrected chi connectivity index (χ2v) is 3.00. The van der Waals surface area contributed by atoms with E-state index in [9.17, 15) is 10.1 Å². The molecule has 0 amide bonds. The van der Waals surface area contributed by atoms with Gasteiger partial charge in [-0.3, -0.25) is 15.1 Å². The minimum absolute atomic E-state index is 0.133. The maximum Gasteiger partial charge on any atom is 0.285 e. The molecule has 0 unspecified atom stereocenters. The van der Waals surface area contributed by atoms with Crippen LogP contribution in [-0.4, -0.2) is 20.1 Å². The molecule has 0 saturated heterocycles. The van der Waals surface area contributed by atoms with Crippen molar-refractivity contribution in [3.05, 3.63) is 28.6 Å². The molecule has 1 aromatic heterocycles. The van der Waals surface area contributed by atoms with Gasteiger partial charge in [0.05, 0.1) is 4.92 Å². The van der Waals surface area contributed by atoms with E-state index in [2.05, 4.69) is 4.98 Å². The Morgan fingerprint density at radius 2 is 2.40 bits per heavy atom. The predicted molar refractivity (Wildman–Crippen MR) is 40.5 cm³/mol. The van der Waals surface area contributed by atoms with Gasteiger partial charge in [-0.1, -0.05) is 0 Å². The minimum atomic E-state index is -0.407. The zero-order valence-electron chi connectivity index (χ0n) is 5.44. The summed E-state index contributed by atoms with van der Waals surface area (Å²) in [7, 11) is 0.692. The number of pyridine rings is 1. The summed E-state index contributed by atoms with van der Waals surface area (Å²) in [4.78, 5) is 13.4. The third-order valence-electron chi connectivity index (χ3n) is 1.21. The summed E-state index contributed by atoms with van der Waals surface area (Å²) < 4.78 is 0. The minimum Gasteiger partial charge on any atom is -0.258 e. The quantitative estimate of drug-likeness (QED) is 0.295. The molecule has 5 heteroatoms. The first-order valence-corrected chi connectivity index (χ1v) is 3.77. The van der Waals surface area contributed by atoms with Crippen molar-refractivity contribution >= 4 is 21.1 Å². The van der Waals surface area contributed by atoms with Gasteiger partial charge in [0.25, 0.3) is 5.69 Å². The standard InChI is InChI=1S/C5H6N2O2Si/c8-7(9)4-3-6-2-1-5(4)10/h1-3H,10H3. The molecule has 4 nitrogen and oxygen atoms in total. The number of nitrogens with zero attached hydrogens (tertiary/aromatic N) is 2. The SMILES string of the molecule is O=[N+]([O-])c1cnccc1[SiH3]. The molecule has 10 heavy (non-hydrogen) atoms. The third kappa shape index (κ3) is 1.19. The van der Waals surface area contributed by atoms with Gasteiger partial charge in [-0.05, 0) is 6.07 Å². The fraction of sp³-hybridized carbons (Fsp3) is 0. The van der Waals surface area contributed by atoms with E-state index < -0.39 is 4.92 Å². The maximum atomic E-state index is 10.2. The molecule has 1 rings (SSSR count). The fourth-order valence-corrected chi connectivity index (χ4v) is 1.11. The number of nitro groups is 1. The van der Waals surface area contributed by atoms with Gasteiger partial charge in [-0.25, -0.2) is 0 Å². The molecule has 0 atom stereocenters. The highest BCUT2D eigenvalue weighted by atomic mass is 28.1. The maximum absolute atomic E-state index is 10.2. The van der Waals surface area contributed by atoms with Gasteiger partial charge in [0.2, 0.25) is 0 Å². The third-order valence-corrected chi connectivity index (χ3v) is 2.05. The molecule has 1 aromatic rings. The lowest BCUT2D eigenvalue weighted by Gasteiger charge is -1.92. The highest BCUT2D eigenvalue weighted by Gasteiger charge is 2.06. The molecule has 0 aromatic carbocycles. The summed E-state index contributed by atoms with van der Waals surface area (Å²) in [5, 5.41) is 11.0. The molecule has 0 saturated carbocycles. The molecule has 0 bridgehead atoms. The highest BCUT2D eigenvalue weighted by molar-refractivity contribution is 6.34. The molecule has 52 valence electrons. The normalized spacial score (nSPS) is 9.60. The van der Waals surface area contributed by atoms with Crippen molar-refractivity contribution in [2.75, 3.05) is 0 Å². The van der Waals surface area contributed by atoms with E-state index >= 15 is 0 Å². The molecule has 0 fully saturated rings. The summed E-state index contributed by atoms with van der Waals surface area (Å²) in [5.74, 6) is 0. The molecule has 0 aliphatic heterocycles. The molecular formula is C5H6N2O2Si. The smallest absolute Gasteiger partial charge is 0.258 e. The topological polar surface area (TPSA) is 56.0 Å². The number of aromatic nitrogens is 1. The number of hydrogen-bond donors (Lipinski definition) is 0. The van der Waals surface area contributed by atoms with Crippen LogP contribution in [0.3, 0.4) is 0 Å². The highest BCUT2D eigenvalue weighted by Crippen LogP contribution is 2.00. The van der Waals surface area contributed by atoms with Crippen molar-refractivity contribution in [1.29, 1.82) is 0 Å². The number of hydrogen-bond acceptors (Lipinski definition) is 3. The Morgan fingerprint density at radius 1 is 1.70 bits per heavy atom. The van der Waals surface area contributed by atoms with Crippen LogP contribution in [0.2, 0.25) is 0 Å².